The van der Waals surface area contributed by atoms with Crippen LogP contribution in [0.5, 0.6) is 23.0 Å². The van der Waals surface area contributed by atoms with Crippen LogP contribution >= 0.6 is 0 Å². The topological polar surface area (TPSA) is 93.8 Å². The molecule has 37 heavy (non-hydrogen) atoms. The van der Waals surface area contributed by atoms with E-state index >= 15 is 0 Å². The summed E-state index contributed by atoms with van der Waals surface area (Å²) in [5.74, 6) is 2.73. The van der Waals surface area contributed by atoms with Gasteiger partial charge in [-0.15, -0.1) is 0 Å². The van der Waals surface area contributed by atoms with E-state index in [-0.39, 0.29) is 17.9 Å². The van der Waals surface area contributed by atoms with E-state index in [2.05, 4.69) is 4.98 Å². The van der Waals surface area contributed by atoms with Crippen LogP contribution in [0.1, 0.15) is 11.1 Å². The molecule has 184 valence electrons. The molecule has 3 aromatic heterocycles. The van der Waals surface area contributed by atoms with Crippen LogP contribution in [-0.4, -0.2) is 34.1 Å². The summed E-state index contributed by atoms with van der Waals surface area (Å²) in [7, 11) is 0. The molecule has 2 aromatic carbocycles. The van der Waals surface area contributed by atoms with Gasteiger partial charge in [0.2, 0.25) is 6.79 Å². The van der Waals surface area contributed by atoms with Crippen molar-refractivity contribution in [2.45, 2.75) is 13.1 Å². The van der Waals surface area contributed by atoms with Crippen LogP contribution in [-0.2, 0) is 13.1 Å². The smallest absolute Gasteiger partial charge is 0.260 e. The molecule has 7 rings (SSSR count). The maximum absolute atomic E-state index is 13.4. The first-order valence-corrected chi connectivity index (χ1v) is 11.9. The van der Waals surface area contributed by atoms with E-state index < -0.39 is 0 Å². The van der Waals surface area contributed by atoms with Crippen molar-refractivity contribution in [1.29, 1.82) is 0 Å². The molecule has 0 aliphatic carbocycles. The second-order valence-corrected chi connectivity index (χ2v) is 9.02. The fraction of sp³-hybridized carbons (Fsp3) is 0.179. The van der Waals surface area contributed by atoms with Crippen LogP contribution in [0, 0.1) is 0 Å². The van der Waals surface area contributed by atoms with Gasteiger partial charge in [0, 0.05) is 12.4 Å². The summed E-state index contributed by atoms with van der Waals surface area (Å²) in [6.07, 6.45) is 3.44. The van der Waals surface area contributed by atoms with Crippen LogP contribution in [0.2, 0.25) is 0 Å². The van der Waals surface area contributed by atoms with Crippen molar-refractivity contribution in [1.82, 2.24) is 14.1 Å². The number of nitrogens with zero attached hydrogens (tertiary/aromatic N) is 3. The second kappa shape index (κ2) is 8.41. The summed E-state index contributed by atoms with van der Waals surface area (Å²) in [5.41, 5.74) is 2.47. The average molecular weight is 495 g/mol. The molecular weight excluding hydrogens is 474 g/mol. The predicted octanol–water partition coefficient (Wildman–Crippen LogP) is 3.31. The van der Waals surface area contributed by atoms with Gasteiger partial charge in [0.05, 0.1) is 34.9 Å². The number of hydrogen-bond donors (Lipinski definition) is 0. The first kappa shape index (κ1) is 21.5. The number of benzene rings is 2. The van der Waals surface area contributed by atoms with Gasteiger partial charge in [-0.05, 0) is 53.6 Å². The van der Waals surface area contributed by atoms with Crippen molar-refractivity contribution in [3.8, 4) is 23.0 Å². The lowest BCUT2D eigenvalue weighted by molar-refractivity contribution is 0.171. The second-order valence-electron chi connectivity index (χ2n) is 9.02. The predicted molar refractivity (Wildman–Crippen MR) is 136 cm³/mol. The fourth-order valence-electron chi connectivity index (χ4n) is 4.77. The molecule has 9 nitrogen and oxygen atoms in total. The van der Waals surface area contributed by atoms with E-state index in [1.165, 1.54) is 0 Å². The van der Waals surface area contributed by atoms with Crippen LogP contribution in [0.15, 0.2) is 76.6 Å². The Morgan fingerprint density at radius 3 is 1.76 bits per heavy atom. The van der Waals surface area contributed by atoms with Gasteiger partial charge in [-0.25, -0.2) is 4.98 Å². The van der Waals surface area contributed by atoms with Crippen LogP contribution in [0.4, 0.5) is 0 Å². The Morgan fingerprint density at radius 2 is 1.14 bits per heavy atom. The van der Waals surface area contributed by atoms with Gasteiger partial charge in [-0.3, -0.25) is 9.59 Å². The molecule has 0 atom stereocenters. The highest BCUT2D eigenvalue weighted by Gasteiger charge is 2.16. The van der Waals surface area contributed by atoms with Crippen LogP contribution in [0.25, 0.3) is 21.8 Å². The Hall–Kier alpha value is -4.79. The van der Waals surface area contributed by atoms with Gasteiger partial charge in [-0.1, -0.05) is 12.1 Å². The zero-order valence-electron chi connectivity index (χ0n) is 19.7. The van der Waals surface area contributed by atoms with Crippen molar-refractivity contribution in [3.05, 3.63) is 98.8 Å². The highest BCUT2D eigenvalue weighted by atomic mass is 16.7. The van der Waals surface area contributed by atoms with Crippen molar-refractivity contribution < 1.29 is 18.9 Å². The quantitative estimate of drug-likeness (QED) is 0.353. The van der Waals surface area contributed by atoms with Gasteiger partial charge in [0.15, 0.2) is 23.0 Å². The van der Waals surface area contributed by atoms with Gasteiger partial charge >= 0.3 is 0 Å². The summed E-state index contributed by atoms with van der Waals surface area (Å²) in [5, 5.41) is 0.787. The first-order chi connectivity index (χ1) is 18.1. The number of hydrogen-bond acceptors (Lipinski definition) is 7. The van der Waals surface area contributed by atoms with E-state index in [0.717, 1.165) is 11.1 Å². The molecule has 2 aliphatic heterocycles. The maximum atomic E-state index is 13.4. The molecule has 5 aromatic rings. The molecule has 0 saturated carbocycles. The molecule has 0 fully saturated rings. The summed E-state index contributed by atoms with van der Waals surface area (Å²) >= 11 is 0. The Labute approximate surface area is 210 Å². The zero-order chi connectivity index (χ0) is 24.9. The molecule has 0 saturated heterocycles. The van der Waals surface area contributed by atoms with E-state index in [1.54, 1.807) is 39.7 Å². The lowest BCUT2D eigenvalue weighted by atomic mass is 10.1. The number of ether oxygens (including phenoxy) is 4. The van der Waals surface area contributed by atoms with Crippen molar-refractivity contribution in [2.75, 3.05) is 20.0 Å². The number of pyridine rings is 3. The molecule has 0 spiro atoms. The van der Waals surface area contributed by atoms with Gasteiger partial charge < -0.3 is 28.1 Å². The van der Waals surface area contributed by atoms with Crippen molar-refractivity contribution >= 4 is 21.8 Å². The third kappa shape index (κ3) is 3.76. The highest BCUT2D eigenvalue weighted by molar-refractivity contribution is 5.91. The summed E-state index contributed by atoms with van der Waals surface area (Å²) < 4.78 is 25.3. The molecule has 0 radical (unpaired) electrons. The Bertz CT molecular complexity index is 1820. The Balaban J connectivity index is 1.25. The minimum absolute atomic E-state index is 0.194. The van der Waals surface area contributed by atoms with E-state index in [1.807, 2.05) is 36.4 Å². The molecule has 9 heteroatoms. The van der Waals surface area contributed by atoms with E-state index in [9.17, 15) is 9.59 Å². The molecule has 0 amide bonds. The SMILES string of the molecule is O=c1c2cc3c(=O)n(Cc4ccc5c(c4)OCO5)ccc3nc2ccn1Cc1ccc2c(c1)OCCO2. The largest absolute Gasteiger partial charge is 0.486 e. The number of aromatic nitrogens is 3. The molecule has 5 heterocycles. The average Bonchev–Trinajstić information content (AvgIpc) is 3.39. The number of rotatable bonds is 4. The monoisotopic (exact) mass is 495 g/mol. The van der Waals surface area contributed by atoms with Crippen LogP contribution in [0.3, 0.4) is 0 Å². The van der Waals surface area contributed by atoms with Crippen molar-refractivity contribution in [3.63, 3.8) is 0 Å². The van der Waals surface area contributed by atoms with E-state index in [4.69, 9.17) is 18.9 Å². The molecule has 0 N–H and O–H groups in total. The van der Waals surface area contributed by atoms with Gasteiger partial charge in [-0.2, -0.15) is 0 Å². The first-order valence-electron chi connectivity index (χ1n) is 11.9. The summed E-state index contributed by atoms with van der Waals surface area (Å²) in [4.78, 5) is 31.4. The molecule has 0 bridgehead atoms. The molecule has 0 unspecified atom stereocenters. The minimum atomic E-state index is -0.216. The minimum Gasteiger partial charge on any atom is -0.486 e. The molecule has 2 aliphatic rings. The van der Waals surface area contributed by atoms with E-state index in [0.29, 0.717) is 71.1 Å². The van der Waals surface area contributed by atoms with Gasteiger partial charge in [0.1, 0.15) is 13.2 Å². The lowest BCUT2D eigenvalue weighted by Crippen LogP contribution is -2.23. The zero-order valence-corrected chi connectivity index (χ0v) is 19.7. The highest BCUT2D eigenvalue weighted by Crippen LogP contribution is 2.33. The van der Waals surface area contributed by atoms with Crippen molar-refractivity contribution in [2.24, 2.45) is 0 Å². The normalized spacial score (nSPS) is 13.8. The van der Waals surface area contributed by atoms with Crippen LogP contribution < -0.4 is 30.1 Å². The Kier molecular flexibility index (Phi) is 4.88. The van der Waals surface area contributed by atoms with Gasteiger partial charge in [0.25, 0.3) is 11.1 Å². The summed E-state index contributed by atoms with van der Waals surface area (Å²) in [6.45, 7) is 1.92. The Morgan fingerprint density at radius 1 is 0.622 bits per heavy atom. The molecular formula is C28H21N3O6. The standard InChI is InChI=1S/C28H21N3O6/c32-27-19-13-20-22(6-8-31(28(20)33)15-18-2-4-24-26(12-18)37-16-36-24)29-21(19)5-7-30(27)14-17-1-3-23-25(11-17)35-10-9-34-23/h1-8,11-13H,9-10,14-16H2. The fourth-order valence-corrected chi connectivity index (χ4v) is 4.77. The summed E-state index contributed by atoms with van der Waals surface area (Å²) in [6, 6.07) is 16.5. The third-order valence-corrected chi connectivity index (χ3v) is 6.64. The third-order valence-electron chi connectivity index (χ3n) is 6.64. The lowest BCUT2D eigenvalue weighted by Gasteiger charge is -2.19. The maximum Gasteiger partial charge on any atom is 0.260 e. The number of fused-ring (bicyclic) bond motifs is 4.